The Morgan fingerprint density at radius 1 is 1.05 bits per heavy atom. The fourth-order valence-electron chi connectivity index (χ4n) is 3.26. The average molecular weight is 289 g/mol. The Hall–Kier alpha value is -1.02. The summed E-state index contributed by atoms with van der Waals surface area (Å²) in [7, 11) is 0. The molecule has 0 aliphatic heterocycles. The predicted octanol–water partition coefficient (Wildman–Crippen LogP) is 4.90. The maximum Gasteiger partial charge on any atom is 0.125 e. The number of rotatable bonds is 6. The Morgan fingerprint density at radius 2 is 1.67 bits per heavy atom. The van der Waals surface area contributed by atoms with Crippen molar-refractivity contribution < 1.29 is 4.74 Å². The summed E-state index contributed by atoms with van der Waals surface area (Å²) in [5, 5.41) is 3.47. The summed E-state index contributed by atoms with van der Waals surface area (Å²) >= 11 is 0. The van der Waals surface area contributed by atoms with Gasteiger partial charge < -0.3 is 10.1 Å². The SMILES string of the molecule is CCCNCc1cc(C)c(OC2CCCCCC2)c(C)c1. The van der Waals surface area contributed by atoms with Gasteiger partial charge in [-0.2, -0.15) is 0 Å². The molecule has 1 aliphatic rings. The molecule has 0 saturated heterocycles. The molecule has 1 N–H and O–H groups in total. The van der Waals surface area contributed by atoms with Crippen molar-refractivity contribution in [1.29, 1.82) is 0 Å². The summed E-state index contributed by atoms with van der Waals surface area (Å²) in [6.45, 7) is 8.61. The van der Waals surface area contributed by atoms with Crippen LogP contribution in [0.2, 0.25) is 0 Å². The van der Waals surface area contributed by atoms with E-state index in [1.54, 1.807) is 0 Å². The molecule has 0 aromatic heterocycles. The van der Waals surface area contributed by atoms with Crippen molar-refractivity contribution in [2.45, 2.75) is 78.4 Å². The summed E-state index contributed by atoms with van der Waals surface area (Å²) in [4.78, 5) is 0. The van der Waals surface area contributed by atoms with Crippen LogP contribution in [0.4, 0.5) is 0 Å². The van der Waals surface area contributed by atoms with Crippen molar-refractivity contribution in [3.8, 4) is 5.75 Å². The lowest BCUT2D eigenvalue weighted by Crippen LogP contribution is -2.17. The average Bonchev–Trinajstić information content (AvgIpc) is 2.72. The van der Waals surface area contributed by atoms with Gasteiger partial charge in [0.2, 0.25) is 0 Å². The van der Waals surface area contributed by atoms with E-state index in [0.29, 0.717) is 6.10 Å². The molecule has 2 heteroatoms. The maximum atomic E-state index is 6.36. The summed E-state index contributed by atoms with van der Waals surface area (Å²) in [5.41, 5.74) is 3.94. The topological polar surface area (TPSA) is 21.3 Å². The summed E-state index contributed by atoms with van der Waals surface area (Å²) in [6, 6.07) is 4.56. The van der Waals surface area contributed by atoms with Gasteiger partial charge >= 0.3 is 0 Å². The molecule has 1 saturated carbocycles. The van der Waals surface area contributed by atoms with E-state index in [2.05, 4.69) is 38.2 Å². The molecule has 21 heavy (non-hydrogen) atoms. The third-order valence-corrected chi connectivity index (χ3v) is 4.36. The fourth-order valence-corrected chi connectivity index (χ4v) is 3.26. The monoisotopic (exact) mass is 289 g/mol. The number of aryl methyl sites for hydroxylation is 2. The molecule has 1 fully saturated rings. The zero-order chi connectivity index (χ0) is 15.1. The molecule has 0 amide bonds. The molecule has 2 nitrogen and oxygen atoms in total. The van der Waals surface area contributed by atoms with Crippen LogP contribution in [0.25, 0.3) is 0 Å². The van der Waals surface area contributed by atoms with Crippen molar-refractivity contribution >= 4 is 0 Å². The highest BCUT2D eigenvalue weighted by Gasteiger charge is 2.16. The summed E-state index contributed by atoms with van der Waals surface area (Å²) in [6.07, 6.45) is 9.44. The van der Waals surface area contributed by atoms with Gasteiger partial charge in [0, 0.05) is 6.54 Å². The fraction of sp³-hybridized carbons (Fsp3) is 0.684. The largest absolute Gasteiger partial charge is 0.490 e. The minimum atomic E-state index is 0.425. The number of hydrogen-bond donors (Lipinski definition) is 1. The van der Waals surface area contributed by atoms with Crippen molar-refractivity contribution in [3.05, 3.63) is 28.8 Å². The molecule has 0 unspecified atom stereocenters. The van der Waals surface area contributed by atoms with Crippen molar-refractivity contribution in [2.75, 3.05) is 6.54 Å². The first kappa shape index (κ1) is 16.4. The number of hydrogen-bond acceptors (Lipinski definition) is 2. The Balaban J connectivity index is 2.02. The van der Waals surface area contributed by atoms with E-state index < -0.39 is 0 Å². The minimum Gasteiger partial charge on any atom is -0.490 e. The molecule has 1 aromatic carbocycles. The van der Waals surface area contributed by atoms with E-state index >= 15 is 0 Å². The zero-order valence-corrected chi connectivity index (χ0v) is 14.0. The van der Waals surface area contributed by atoms with Crippen molar-refractivity contribution in [3.63, 3.8) is 0 Å². The maximum absolute atomic E-state index is 6.36. The normalized spacial score (nSPS) is 16.7. The minimum absolute atomic E-state index is 0.425. The molecular weight excluding hydrogens is 258 g/mol. The van der Waals surface area contributed by atoms with Gasteiger partial charge in [-0.3, -0.25) is 0 Å². The smallest absolute Gasteiger partial charge is 0.125 e. The number of benzene rings is 1. The van der Waals surface area contributed by atoms with Gasteiger partial charge in [0.05, 0.1) is 6.10 Å². The van der Waals surface area contributed by atoms with Gasteiger partial charge in [-0.15, -0.1) is 0 Å². The van der Waals surface area contributed by atoms with Gasteiger partial charge in [0.25, 0.3) is 0 Å². The van der Waals surface area contributed by atoms with Gasteiger partial charge in [-0.25, -0.2) is 0 Å². The van der Waals surface area contributed by atoms with Crippen LogP contribution in [0.3, 0.4) is 0 Å². The van der Waals surface area contributed by atoms with Crippen LogP contribution in [-0.2, 0) is 6.54 Å². The first-order valence-corrected chi connectivity index (χ1v) is 8.68. The third-order valence-electron chi connectivity index (χ3n) is 4.36. The highest BCUT2D eigenvalue weighted by atomic mass is 16.5. The van der Waals surface area contributed by atoms with Gasteiger partial charge in [-0.1, -0.05) is 31.9 Å². The van der Waals surface area contributed by atoms with E-state index in [1.807, 2.05) is 0 Å². The van der Waals surface area contributed by atoms with Crippen molar-refractivity contribution in [1.82, 2.24) is 5.32 Å². The van der Waals surface area contributed by atoms with Crippen LogP contribution in [0.15, 0.2) is 12.1 Å². The molecule has 118 valence electrons. The lowest BCUT2D eigenvalue weighted by atomic mass is 10.0. The lowest BCUT2D eigenvalue weighted by molar-refractivity contribution is 0.181. The summed E-state index contributed by atoms with van der Waals surface area (Å²) < 4.78 is 6.36. The molecule has 0 radical (unpaired) electrons. The van der Waals surface area contributed by atoms with E-state index in [-0.39, 0.29) is 0 Å². The van der Waals surface area contributed by atoms with E-state index in [9.17, 15) is 0 Å². The van der Waals surface area contributed by atoms with Crippen LogP contribution in [0.5, 0.6) is 5.75 Å². The van der Waals surface area contributed by atoms with E-state index in [4.69, 9.17) is 4.74 Å². The number of nitrogens with one attached hydrogen (secondary N) is 1. The molecule has 1 aromatic rings. The Labute approximate surface area is 130 Å². The second-order valence-corrected chi connectivity index (χ2v) is 6.47. The highest BCUT2D eigenvalue weighted by Crippen LogP contribution is 2.29. The second-order valence-electron chi connectivity index (χ2n) is 6.47. The predicted molar refractivity (Wildman–Crippen MR) is 90.0 cm³/mol. The third kappa shape index (κ3) is 5.03. The van der Waals surface area contributed by atoms with Crippen molar-refractivity contribution in [2.24, 2.45) is 0 Å². The van der Waals surface area contributed by atoms with Crippen LogP contribution >= 0.6 is 0 Å². The second kappa shape index (κ2) is 8.43. The molecule has 0 spiro atoms. The van der Waals surface area contributed by atoms with Crippen LogP contribution in [0.1, 0.15) is 68.6 Å². The van der Waals surface area contributed by atoms with Gasteiger partial charge in [0.15, 0.2) is 0 Å². The Bertz CT molecular complexity index is 410. The molecule has 2 rings (SSSR count). The number of ether oxygens (including phenoxy) is 1. The Morgan fingerprint density at radius 3 is 2.24 bits per heavy atom. The highest BCUT2D eigenvalue weighted by molar-refractivity contribution is 5.43. The van der Waals surface area contributed by atoms with Crippen LogP contribution in [-0.4, -0.2) is 12.6 Å². The molecule has 1 aliphatic carbocycles. The Kier molecular flexibility index (Phi) is 6.56. The summed E-state index contributed by atoms with van der Waals surface area (Å²) in [5.74, 6) is 1.13. The zero-order valence-electron chi connectivity index (χ0n) is 14.0. The van der Waals surface area contributed by atoms with E-state index in [0.717, 1.165) is 18.8 Å². The molecular formula is C19H31NO. The van der Waals surface area contributed by atoms with Crippen LogP contribution in [0, 0.1) is 13.8 Å². The molecule has 0 bridgehead atoms. The van der Waals surface area contributed by atoms with E-state index in [1.165, 1.54) is 61.6 Å². The van der Waals surface area contributed by atoms with Crippen LogP contribution < -0.4 is 10.1 Å². The quantitative estimate of drug-likeness (QED) is 0.594. The molecule has 0 heterocycles. The van der Waals surface area contributed by atoms with Gasteiger partial charge in [-0.05, 0) is 69.2 Å². The first-order valence-electron chi connectivity index (χ1n) is 8.68. The standard InChI is InChI=1S/C19H31NO/c1-4-11-20-14-17-12-15(2)19(16(3)13-17)21-18-9-7-5-6-8-10-18/h12-13,18,20H,4-11,14H2,1-3H3. The first-order chi connectivity index (χ1) is 10.2. The lowest BCUT2D eigenvalue weighted by Gasteiger charge is -2.21. The van der Waals surface area contributed by atoms with Gasteiger partial charge in [0.1, 0.15) is 5.75 Å². The molecule has 0 atom stereocenters.